The molecular weight excluding hydrogens is 264 g/mol. The summed E-state index contributed by atoms with van der Waals surface area (Å²) in [4.78, 5) is 20.6. The molecule has 0 atom stereocenters. The lowest BCUT2D eigenvalue weighted by atomic mass is 10.1. The number of nitrogens with zero attached hydrogens (tertiary/aromatic N) is 4. The van der Waals surface area contributed by atoms with E-state index in [1.165, 1.54) is 5.56 Å². The van der Waals surface area contributed by atoms with Crippen molar-refractivity contribution in [1.82, 2.24) is 19.6 Å². The quantitative estimate of drug-likeness (QED) is 0.677. The summed E-state index contributed by atoms with van der Waals surface area (Å²) in [5.74, 6) is 1.13. The molecule has 2 heterocycles. The van der Waals surface area contributed by atoms with Crippen molar-refractivity contribution in [3.63, 3.8) is 0 Å². The van der Waals surface area contributed by atoms with Crippen LogP contribution in [0.3, 0.4) is 0 Å². The van der Waals surface area contributed by atoms with Crippen molar-refractivity contribution < 1.29 is 4.79 Å². The minimum Gasteiger partial charge on any atom is -0.294 e. The van der Waals surface area contributed by atoms with Gasteiger partial charge in [-0.2, -0.15) is 4.98 Å². The van der Waals surface area contributed by atoms with Gasteiger partial charge in [0, 0.05) is 5.56 Å². The summed E-state index contributed by atoms with van der Waals surface area (Å²) < 4.78 is 1.64. The van der Waals surface area contributed by atoms with Gasteiger partial charge in [-0.3, -0.25) is 4.79 Å². The molecular formula is C16H16N4O. The number of hydrogen-bond acceptors (Lipinski definition) is 4. The SMILES string of the molecule is CC(=O)c1c(C)nc2nc(-c3ccc(C)cc3)nn2c1C. The van der Waals surface area contributed by atoms with Gasteiger partial charge in [0.05, 0.1) is 17.0 Å². The van der Waals surface area contributed by atoms with Crippen LogP contribution in [0, 0.1) is 20.8 Å². The van der Waals surface area contributed by atoms with Crippen molar-refractivity contribution in [2.45, 2.75) is 27.7 Å². The summed E-state index contributed by atoms with van der Waals surface area (Å²) in [6, 6.07) is 8.01. The van der Waals surface area contributed by atoms with Crippen LogP contribution in [0.2, 0.25) is 0 Å². The Bertz CT molecular complexity index is 847. The van der Waals surface area contributed by atoms with Crippen molar-refractivity contribution >= 4 is 11.6 Å². The van der Waals surface area contributed by atoms with Gasteiger partial charge in [-0.05, 0) is 27.7 Å². The second-order valence-electron chi connectivity index (χ2n) is 5.23. The lowest BCUT2D eigenvalue weighted by Gasteiger charge is -2.06. The molecule has 3 aromatic rings. The van der Waals surface area contributed by atoms with Crippen molar-refractivity contribution in [2.75, 3.05) is 0 Å². The summed E-state index contributed by atoms with van der Waals surface area (Å²) >= 11 is 0. The molecule has 106 valence electrons. The van der Waals surface area contributed by atoms with E-state index in [0.717, 1.165) is 11.3 Å². The van der Waals surface area contributed by atoms with Gasteiger partial charge < -0.3 is 0 Å². The van der Waals surface area contributed by atoms with Crippen LogP contribution in [0.25, 0.3) is 17.2 Å². The molecule has 0 N–H and O–H groups in total. The first-order valence-electron chi connectivity index (χ1n) is 6.79. The third-order valence-electron chi connectivity index (χ3n) is 3.56. The smallest absolute Gasteiger partial charge is 0.253 e. The normalized spacial score (nSPS) is 11.0. The number of rotatable bonds is 2. The highest BCUT2D eigenvalue weighted by molar-refractivity contribution is 5.96. The molecule has 0 aliphatic carbocycles. The molecule has 5 nitrogen and oxygen atoms in total. The molecule has 0 bridgehead atoms. The van der Waals surface area contributed by atoms with Gasteiger partial charge in [0.15, 0.2) is 11.6 Å². The van der Waals surface area contributed by atoms with E-state index in [1.54, 1.807) is 11.4 Å². The predicted molar refractivity (Wildman–Crippen MR) is 80.4 cm³/mol. The molecule has 21 heavy (non-hydrogen) atoms. The Kier molecular flexibility index (Phi) is 3.05. The highest BCUT2D eigenvalue weighted by Gasteiger charge is 2.16. The van der Waals surface area contributed by atoms with Crippen LogP contribution in [0.5, 0.6) is 0 Å². The van der Waals surface area contributed by atoms with E-state index in [-0.39, 0.29) is 5.78 Å². The van der Waals surface area contributed by atoms with E-state index in [9.17, 15) is 4.79 Å². The minimum atomic E-state index is -0.00761. The first-order valence-corrected chi connectivity index (χ1v) is 6.79. The van der Waals surface area contributed by atoms with Crippen molar-refractivity contribution in [3.8, 4) is 11.4 Å². The topological polar surface area (TPSA) is 60.2 Å². The standard InChI is InChI=1S/C16H16N4O/c1-9-5-7-13(8-6-9)15-18-16-17-10(2)14(12(4)21)11(3)20(16)19-15/h5-8H,1-4H3. The molecule has 0 spiro atoms. The summed E-state index contributed by atoms with van der Waals surface area (Å²) in [5.41, 5.74) is 4.20. The fourth-order valence-electron chi connectivity index (χ4n) is 2.51. The molecule has 5 heteroatoms. The molecule has 3 rings (SSSR count). The minimum absolute atomic E-state index is 0.00761. The zero-order chi connectivity index (χ0) is 15.1. The Hall–Kier alpha value is -2.56. The first kappa shape index (κ1) is 13.4. The van der Waals surface area contributed by atoms with Gasteiger partial charge >= 0.3 is 0 Å². The van der Waals surface area contributed by atoms with Crippen molar-refractivity contribution in [1.29, 1.82) is 0 Å². The number of carbonyl (C=O) groups excluding carboxylic acids is 1. The number of ketones is 1. The van der Waals surface area contributed by atoms with E-state index in [1.807, 2.05) is 45.0 Å². The molecule has 1 aromatic carbocycles. The van der Waals surface area contributed by atoms with Crippen LogP contribution in [0.4, 0.5) is 0 Å². The maximum absolute atomic E-state index is 11.7. The highest BCUT2D eigenvalue weighted by Crippen LogP contribution is 2.19. The lowest BCUT2D eigenvalue weighted by molar-refractivity contribution is 0.101. The van der Waals surface area contributed by atoms with Crippen LogP contribution in [0.15, 0.2) is 24.3 Å². The maximum atomic E-state index is 11.7. The zero-order valence-corrected chi connectivity index (χ0v) is 12.5. The Labute approximate surface area is 122 Å². The van der Waals surface area contributed by atoms with Gasteiger partial charge in [-0.15, -0.1) is 5.10 Å². The van der Waals surface area contributed by atoms with Gasteiger partial charge in [-0.1, -0.05) is 29.8 Å². The largest absolute Gasteiger partial charge is 0.294 e. The lowest BCUT2D eigenvalue weighted by Crippen LogP contribution is -2.09. The molecule has 0 unspecified atom stereocenters. The van der Waals surface area contributed by atoms with E-state index in [0.29, 0.717) is 22.9 Å². The van der Waals surface area contributed by atoms with Gasteiger partial charge in [0.1, 0.15) is 0 Å². The van der Waals surface area contributed by atoms with Crippen LogP contribution in [0.1, 0.15) is 34.2 Å². The Morgan fingerprint density at radius 1 is 1.05 bits per heavy atom. The number of aromatic nitrogens is 4. The zero-order valence-electron chi connectivity index (χ0n) is 12.5. The third kappa shape index (κ3) is 2.20. The number of Topliss-reactive ketones (excluding diaryl/α,β-unsaturated/α-hetero) is 1. The summed E-state index contributed by atoms with van der Waals surface area (Å²) in [6.07, 6.45) is 0. The monoisotopic (exact) mass is 280 g/mol. The highest BCUT2D eigenvalue weighted by atomic mass is 16.1. The average molecular weight is 280 g/mol. The Morgan fingerprint density at radius 3 is 2.33 bits per heavy atom. The molecule has 0 aliphatic rings. The van der Waals surface area contributed by atoms with Crippen LogP contribution < -0.4 is 0 Å². The van der Waals surface area contributed by atoms with E-state index in [4.69, 9.17) is 0 Å². The fraction of sp³-hybridized carbons (Fsp3) is 0.250. The number of aryl methyl sites for hydroxylation is 3. The summed E-state index contributed by atoms with van der Waals surface area (Å²) in [6.45, 7) is 7.27. The second kappa shape index (κ2) is 4.77. The molecule has 0 amide bonds. The van der Waals surface area contributed by atoms with Crippen LogP contribution in [-0.4, -0.2) is 25.4 Å². The molecule has 0 fully saturated rings. The Morgan fingerprint density at radius 2 is 1.71 bits per heavy atom. The van der Waals surface area contributed by atoms with Gasteiger partial charge in [0.2, 0.25) is 0 Å². The number of fused-ring (bicyclic) bond motifs is 1. The van der Waals surface area contributed by atoms with Gasteiger partial charge in [0.25, 0.3) is 5.78 Å². The van der Waals surface area contributed by atoms with Crippen LogP contribution in [-0.2, 0) is 0 Å². The second-order valence-corrected chi connectivity index (χ2v) is 5.23. The van der Waals surface area contributed by atoms with E-state index < -0.39 is 0 Å². The number of carbonyl (C=O) groups is 1. The van der Waals surface area contributed by atoms with Crippen molar-refractivity contribution in [2.24, 2.45) is 0 Å². The average Bonchev–Trinajstić information content (AvgIpc) is 2.83. The molecule has 0 aliphatic heterocycles. The molecule has 2 aromatic heterocycles. The number of benzene rings is 1. The van der Waals surface area contributed by atoms with Crippen molar-refractivity contribution in [3.05, 3.63) is 46.8 Å². The van der Waals surface area contributed by atoms with Gasteiger partial charge in [-0.25, -0.2) is 9.50 Å². The van der Waals surface area contributed by atoms with E-state index >= 15 is 0 Å². The predicted octanol–water partition coefficient (Wildman–Crippen LogP) is 2.92. The summed E-state index contributed by atoms with van der Waals surface area (Å²) in [7, 11) is 0. The third-order valence-corrected chi connectivity index (χ3v) is 3.56. The maximum Gasteiger partial charge on any atom is 0.253 e. The first-order chi connectivity index (χ1) is 9.97. The fourth-order valence-corrected chi connectivity index (χ4v) is 2.51. The van der Waals surface area contributed by atoms with E-state index in [2.05, 4.69) is 15.1 Å². The van der Waals surface area contributed by atoms with Crippen LogP contribution >= 0.6 is 0 Å². The molecule has 0 saturated heterocycles. The Balaban J connectivity index is 2.23. The molecule has 0 saturated carbocycles. The summed E-state index contributed by atoms with van der Waals surface area (Å²) in [5, 5.41) is 4.49. The molecule has 0 radical (unpaired) electrons. The number of hydrogen-bond donors (Lipinski definition) is 0.